The minimum Gasteiger partial charge on any atom is -0.320 e. The number of rotatable bonds is 0. The van der Waals surface area contributed by atoms with Gasteiger partial charge in [0.25, 0.3) is 5.56 Å². The van der Waals surface area contributed by atoms with Gasteiger partial charge in [-0.3, -0.25) is 9.78 Å². The summed E-state index contributed by atoms with van der Waals surface area (Å²) in [5, 5.41) is 0. The molecule has 78 valence electrons. The van der Waals surface area contributed by atoms with Crippen molar-refractivity contribution in [3.8, 4) is 0 Å². The largest absolute Gasteiger partial charge is 0.320 e. The molecule has 2 rings (SSSR count). The summed E-state index contributed by atoms with van der Waals surface area (Å²) in [6, 6.07) is 5.54. The molecule has 0 saturated heterocycles. The van der Waals surface area contributed by atoms with E-state index in [-0.39, 0.29) is 11.0 Å². The number of nitrogens with zero attached hydrogens (tertiary/aromatic N) is 1. The molecule has 15 heavy (non-hydrogen) atoms. The van der Waals surface area contributed by atoms with Crippen LogP contribution in [0.25, 0.3) is 11.0 Å². The van der Waals surface area contributed by atoms with Crippen LogP contribution in [-0.4, -0.2) is 9.97 Å². The third-order valence-electron chi connectivity index (χ3n) is 2.42. The average molecular weight is 202 g/mol. The minimum absolute atomic E-state index is 0.0250. The van der Waals surface area contributed by atoms with Gasteiger partial charge in [-0.05, 0) is 23.6 Å². The maximum atomic E-state index is 11.8. The van der Waals surface area contributed by atoms with Crippen molar-refractivity contribution in [2.24, 2.45) is 0 Å². The highest BCUT2D eigenvalue weighted by Gasteiger charge is 2.18. The van der Waals surface area contributed by atoms with Crippen LogP contribution in [0.5, 0.6) is 0 Å². The summed E-state index contributed by atoms with van der Waals surface area (Å²) < 4.78 is 0. The molecule has 0 radical (unpaired) electrons. The predicted octanol–water partition coefficient (Wildman–Crippen LogP) is 2.22. The van der Waals surface area contributed by atoms with Crippen molar-refractivity contribution in [3.63, 3.8) is 0 Å². The van der Waals surface area contributed by atoms with E-state index >= 15 is 0 Å². The van der Waals surface area contributed by atoms with Gasteiger partial charge in [0.2, 0.25) is 0 Å². The second-order valence-electron chi connectivity index (χ2n) is 4.70. The van der Waals surface area contributed by atoms with Gasteiger partial charge in [0.15, 0.2) is 0 Å². The Morgan fingerprint density at radius 3 is 2.73 bits per heavy atom. The van der Waals surface area contributed by atoms with Gasteiger partial charge in [-0.1, -0.05) is 20.8 Å². The molecule has 3 heteroatoms. The highest BCUT2D eigenvalue weighted by atomic mass is 16.1. The Hall–Kier alpha value is -1.64. The quantitative estimate of drug-likeness (QED) is 0.712. The molecule has 0 unspecified atom stereocenters. The second kappa shape index (κ2) is 3.19. The van der Waals surface area contributed by atoms with Gasteiger partial charge in [-0.2, -0.15) is 0 Å². The van der Waals surface area contributed by atoms with E-state index in [0.717, 1.165) is 16.6 Å². The predicted molar refractivity (Wildman–Crippen MR) is 61.1 cm³/mol. The molecule has 2 heterocycles. The third kappa shape index (κ3) is 1.77. The number of pyridine rings is 2. The molecule has 0 fully saturated rings. The number of aromatic amines is 1. The van der Waals surface area contributed by atoms with Crippen LogP contribution in [0.3, 0.4) is 0 Å². The van der Waals surface area contributed by atoms with Crippen LogP contribution in [0, 0.1) is 0 Å². The highest BCUT2D eigenvalue weighted by Crippen LogP contribution is 2.20. The molecule has 0 aliphatic rings. The van der Waals surface area contributed by atoms with Gasteiger partial charge in [0.1, 0.15) is 0 Å². The normalized spacial score (nSPS) is 11.9. The van der Waals surface area contributed by atoms with E-state index in [1.165, 1.54) is 0 Å². The van der Waals surface area contributed by atoms with Crippen LogP contribution in [0.2, 0.25) is 0 Å². The Morgan fingerprint density at radius 2 is 2.07 bits per heavy atom. The lowest BCUT2D eigenvalue weighted by Gasteiger charge is -2.17. The Morgan fingerprint density at radius 1 is 1.33 bits per heavy atom. The van der Waals surface area contributed by atoms with Gasteiger partial charge in [-0.15, -0.1) is 0 Å². The zero-order valence-corrected chi connectivity index (χ0v) is 9.16. The lowest BCUT2D eigenvalue weighted by molar-refractivity contribution is 0.583. The molecule has 0 aromatic carbocycles. The van der Waals surface area contributed by atoms with Crippen LogP contribution >= 0.6 is 0 Å². The van der Waals surface area contributed by atoms with Gasteiger partial charge in [0.05, 0.1) is 11.0 Å². The number of hydrogen-bond acceptors (Lipinski definition) is 2. The lowest BCUT2D eigenvalue weighted by atomic mass is 9.88. The maximum Gasteiger partial charge on any atom is 0.252 e. The summed E-state index contributed by atoms with van der Waals surface area (Å²) in [5.74, 6) is 0. The first-order valence-electron chi connectivity index (χ1n) is 4.97. The van der Waals surface area contributed by atoms with E-state index in [1.54, 1.807) is 6.20 Å². The Kier molecular flexibility index (Phi) is 2.11. The molecular formula is C12H14N2O. The molecule has 2 aromatic heterocycles. The van der Waals surface area contributed by atoms with Crippen LogP contribution in [-0.2, 0) is 5.41 Å². The lowest BCUT2D eigenvalue weighted by Crippen LogP contribution is -2.24. The van der Waals surface area contributed by atoms with Gasteiger partial charge < -0.3 is 4.98 Å². The molecule has 1 N–H and O–H groups in total. The first-order chi connectivity index (χ1) is 6.98. The fraction of sp³-hybridized carbons (Fsp3) is 0.333. The fourth-order valence-corrected chi connectivity index (χ4v) is 1.59. The second-order valence-corrected chi connectivity index (χ2v) is 4.70. The topological polar surface area (TPSA) is 45.8 Å². The molecule has 0 bridgehead atoms. The van der Waals surface area contributed by atoms with Crippen molar-refractivity contribution in [2.45, 2.75) is 26.2 Å². The summed E-state index contributed by atoms with van der Waals surface area (Å²) in [6.07, 6.45) is 1.73. The van der Waals surface area contributed by atoms with Crippen molar-refractivity contribution < 1.29 is 0 Å². The fourth-order valence-electron chi connectivity index (χ4n) is 1.59. The van der Waals surface area contributed by atoms with Gasteiger partial charge in [0, 0.05) is 11.8 Å². The number of nitrogens with one attached hydrogen (secondary N) is 1. The number of hydrogen-bond donors (Lipinski definition) is 1. The zero-order chi connectivity index (χ0) is 11.1. The summed E-state index contributed by atoms with van der Waals surface area (Å²) in [4.78, 5) is 18.9. The van der Waals surface area contributed by atoms with E-state index in [9.17, 15) is 4.79 Å². The molecule has 2 aromatic rings. The van der Waals surface area contributed by atoms with Crippen molar-refractivity contribution in [3.05, 3.63) is 40.3 Å². The number of fused-ring (bicyclic) bond motifs is 1. The summed E-state index contributed by atoms with van der Waals surface area (Å²) in [5.41, 5.74) is 2.22. The van der Waals surface area contributed by atoms with Crippen LogP contribution < -0.4 is 5.56 Å². The van der Waals surface area contributed by atoms with E-state index in [0.29, 0.717) is 0 Å². The maximum absolute atomic E-state index is 11.8. The van der Waals surface area contributed by atoms with Crippen molar-refractivity contribution in [2.75, 3.05) is 0 Å². The third-order valence-corrected chi connectivity index (χ3v) is 2.42. The van der Waals surface area contributed by atoms with E-state index in [4.69, 9.17) is 0 Å². The first kappa shape index (κ1) is 9.90. The summed E-state index contributed by atoms with van der Waals surface area (Å²) >= 11 is 0. The molecule has 0 aliphatic carbocycles. The standard InChI is InChI=1S/C12H14N2O/c1-12(2,3)8-7-10-9(14-11(8)15)5-4-6-13-10/h4-7H,1-3H3,(H,14,15). The van der Waals surface area contributed by atoms with E-state index < -0.39 is 0 Å². The molecule has 0 aliphatic heterocycles. The molecule has 0 saturated carbocycles. The van der Waals surface area contributed by atoms with Crippen molar-refractivity contribution in [1.29, 1.82) is 0 Å². The van der Waals surface area contributed by atoms with E-state index in [1.807, 2.05) is 39.0 Å². The molecule has 0 spiro atoms. The smallest absolute Gasteiger partial charge is 0.252 e. The molecule has 0 atom stereocenters. The summed E-state index contributed by atoms with van der Waals surface area (Å²) in [7, 11) is 0. The van der Waals surface area contributed by atoms with Crippen LogP contribution in [0.4, 0.5) is 0 Å². The van der Waals surface area contributed by atoms with Crippen molar-refractivity contribution in [1.82, 2.24) is 9.97 Å². The highest BCUT2D eigenvalue weighted by molar-refractivity contribution is 5.74. The van der Waals surface area contributed by atoms with Gasteiger partial charge >= 0.3 is 0 Å². The van der Waals surface area contributed by atoms with Gasteiger partial charge in [-0.25, -0.2) is 0 Å². The molecule has 0 amide bonds. The minimum atomic E-state index is -0.153. The van der Waals surface area contributed by atoms with Crippen LogP contribution in [0.1, 0.15) is 26.3 Å². The number of aromatic nitrogens is 2. The first-order valence-corrected chi connectivity index (χ1v) is 4.97. The molecular weight excluding hydrogens is 188 g/mol. The average Bonchev–Trinajstić information content (AvgIpc) is 2.15. The van der Waals surface area contributed by atoms with Crippen molar-refractivity contribution >= 4 is 11.0 Å². The Balaban J connectivity index is 2.79. The monoisotopic (exact) mass is 202 g/mol. The Labute approximate surface area is 88.2 Å². The SMILES string of the molecule is CC(C)(C)c1cc2ncccc2[nH]c1=O. The van der Waals surface area contributed by atoms with E-state index in [2.05, 4.69) is 9.97 Å². The Bertz CT molecular complexity index is 549. The number of H-pyrrole nitrogens is 1. The molecule has 3 nitrogen and oxygen atoms in total. The van der Waals surface area contributed by atoms with Crippen LogP contribution in [0.15, 0.2) is 29.2 Å². The zero-order valence-electron chi connectivity index (χ0n) is 9.16. The summed E-state index contributed by atoms with van der Waals surface area (Å²) in [6.45, 7) is 6.06.